The Morgan fingerprint density at radius 1 is 1.32 bits per heavy atom. The lowest BCUT2D eigenvalue weighted by atomic mass is 10.1. The number of carbonyl (C=O) groups is 1. The quantitative estimate of drug-likeness (QED) is 0.858. The van der Waals surface area contributed by atoms with Gasteiger partial charge in [0, 0.05) is 47.1 Å². The second-order valence-corrected chi connectivity index (χ2v) is 8.78. The van der Waals surface area contributed by atoms with Crippen LogP contribution in [0, 0.1) is 19.8 Å². The van der Waals surface area contributed by atoms with Crippen LogP contribution in [0.25, 0.3) is 0 Å². The first-order valence-electron chi connectivity index (χ1n) is 8.25. The van der Waals surface area contributed by atoms with Crippen molar-refractivity contribution in [3.63, 3.8) is 0 Å². The third-order valence-electron chi connectivity index (χ3n) is 5.32. The molecule has 4 nitrogen and oxygen atoms in total. The van der Waals surface area contributed by atoms with Crippen molar-refractivity contribution >= 4 is 16.7 Å². The van der Waals surface area contributed by atoms with Crippen LogP contribution < -0.4 is 0 Å². The Labute approximate surface area is 135 Å². The molecule has 0 unspecified atom stereocenters. The maximum absolute atomic E-state index is 13.0. The number of carbonyl (C=O) groups excluding carboxylic acids is 1. The minimum atomic E-state index is -0.812. The van der Waals surface area contributed by atoms with Gasteiger partial charge in [-0.15, -0.1) is 0 Å². The summed E-state index contributed by atoms with van der Waals surface area (Å²) < 4.78 is 14.2. The summed E-state index contributed by atoms with van der Waals surface area (Å²) in [6.07, 6.45) is 2.62. The van der Waals surface area contributed by atoms with Crippen LogP contribution in [0.1, 0.15) is 48.4 Å². The SMILES string of the molecule is Cc1cc(C(=O)N2CC[S@@](=O)[C@H](C)[C@@H]2C)c(C)n1CC1CC1. The van der Waals surface area contributed by atoms with Crippen molar-refractivity contribution in [2.24, 2.45) is 5.92 Å². The zero-order valence-corrected chi connectivity index (χ0v) is 14.8. The number of hydrogen-bond donors (Lipinski definition) is 0. The molecule has 2 aliphatic rings. The molecular formula is C17H26N2O2S. The van der Waals surface area contributed by atoms with Crippen molar-refractivity contribution in [3.8, 4) is 0 Å². The fraction of sp³-hybridized carbons (Fsp3) is 0.706. The highest BCUT2D eigenvalue weighted by atomic mass is 32.2. The van der Waals surface area contributed by atoms with Crippen molar-refractivity contribution in [1.82, 2.24) is 9.47 Å². The largest absolute Gasteiger partial charge is 0.348 e. The molecule has 3 rings (SSSR count). The molecule has 2 heterocycles. The Balaban J connectivity index is 1.84. The van der Waals surface area contributed by atoms with Gasteiger partial charge in [-0.1, -0.05) is 0 Å². The predicted octanol–water partition coefficient (Wildman–Crippen LogP) is 2.50. The molecule has 0 radical (unpaired) electrons. The Hall–Kier alpha value is -1.10. The molecule has 2 fully saturated rings. The smallest absolute Gasteiger partial charge is 0.255 e. The van der Waals surface area contributed by atoms with E-state index >= 15 is 0 Å². The minimum absolute atomic E-state index is 0.0357. The maximum atomic E-state index is 13.0. The molecule has 0 N–H and O–H groups in total. The van der Waals surface area contributed by atoms with Crippen molar-refractivity contribution in [2.45, 2.75) is 58.4 Å². The summed E-state index contributed by atoms with van der Waals surface area (Å²) in [4.78, 5) is 14.9. The Kier molecular flexibility index (Phi) is 4.19. The average molecular weight is 322 g/mol. The molecule has 0 spiro atoms. The van der Waals surface area contributed by atoms with Gasteiger partial charge in [0.1, 0.15) is 0 Å². The number of nitrogens with zero attached hydrogens (tertiary/aromatic N) is 2. The van der Waals surface area contributed by atoms with Gasteiger partial charge in [-0.3, -0.25) is 9.00 Å². The van der Waals surface area contributed by atoms with E-state index in [-0.39, 0.29) is 17.2 Å². The fourth-order valence-electron chi connectivity index (χ4n) is 3.35. The highest BCUT2D eigenvalue weighted by Crippen LogP contribution is 2.32. The average Bonchev–Trinajstić information content (AvgIpc) is 3.26. The standard InChI is InChI=1S/C17H26N2O2S/c1-11-9-16(13(3)19(11)10-15-5-6-15)17(20)18-7-8-22(21)14(4)12(18)2/h9,12,14-15H,5-8,10H2,1-4H3/t12-,14+,22+/m0/s1. The van der Waals surface area contributed by atoms with E-state index in [1.165, 1.54) is 18.5 Å². The van der Waals surface area contributed by atoms with Gasteiger partial charge >= 0.3 is 0 Å². The summed E-state index contributed by atoms with van der Waals surface area (Å²) in [6.45, 7) is 9.78. The van der Waals surface area contributed by atoms with Crippen LogP contribution in [0.2, 0.25) is 0 Å². The zero-order valence-electron chi connectivity index (χ0n) is 14.0. The molecule has 0 bridgehead atoms. The van der Waals surface area contributed by atoms with Gasteiger partial charge in [-0.25, -0.2) is 0 Å². The highest BCUT2D eigenvalue weighted by Gasteiger charge is 2.34. The first-order valence-corrected chi connectivity index (χ1v) is 9.63. The number of aryl methyl sites for hydroxylation is 1. The lowest BCUT2D eigenvalue weighted by Gasteiger charge is -2.37. The van der Waals surface area contributed by atoms with Gasteiger partial charge in [-0.2, -0.15) is 0 Å². The Morgan fingerprint density at radius 3 is 2.64 bits per heavy atom. The van der Waals surface area contributed by atoms with E-state index in [2.05, 4.69) is 18.4 Å². The summed E-state index contributed by atoms with van der Waals surface area (Å²) in [7, 11) is -0.812. The van der Waals surface area contributed by atoms with Gasteiger partial charge < -0.3 is 9.47 Å². The number of rotatable bonds is 3. The number of hydrogen-bond acceptors (Lipinski definition) is 2. The second kappa shape index (κ2) is 5.84. The van der Waals surface area contributed by atoms with Crippen LogP contribution in [-0.2, 0) is 17.3 Å². The fourth-order valence-corrected chi connectivity index (χ4v) is 4.68. The normalized spacial score (nSPS) is 28.9. The van der Waals surface area contributed by atoms with Crippen molar-refractivity contribution in [3.05, 3.63) is 23.0 Å². The topological polar surface area (TPSA) is 42.3 Å². The van der Waals surface area contributed by atoms with Crippen LogP contribution in [0.3, 0.4) is 0 Å². The molecule has 1 aliphatic carbocycles. The summed E-state index contributed by atoms with van der Waals surface area (Å²) in [5, 5.41) is 0.0488. The van der Waals surface area contributed by atoms with Crippen LogP contribution >= 0.6 is 0 Å². The first-order chi connectivity index (χ1) is 10.4. The third-order valence-corrected chi connectivity index (χ3v) is 7.13. The zero-order chi connectivity index (χ0) is 16.0. The first kappa shape index (κ1) is 15.8. The van der Waals surface area contributed by atoms with E-state index < -0.39 is 10.8 Å². The van der Waals surface area contributed by atoms with Gasteiger partial charge in [0.2, 0.25) is 0 Å². The minimum Gasteiger partial charge on any atom is -0.348 e. The lowest BCUT2D eigenvalue weighted by Crippen LogP contribution is -2.52. The van der Waals surface area contributed by atoms with Crippen molar-refractivity contribution in [2.75, 3.05) is 12.3 Å². The molecule has 22 heavy (non-hydrogen) atoms. The monoisotopic (exact) mass is 322 g/mol. The third kappa shape index (κ3) is 2.75. The predicted molar refractivity (Wildman–Crippen MR) is 89.6 cm³/mol. The van der Waals surface area contributed by atoms with Crippen LogP contribution in [0.4, 0.5) is 0 Å². The van der Waals surface area contributed by atoms with Gasteiger partial charge in [0.25, 0.3) is 5.91 Å². The Bertz CT molecular complexity index is 618. The van der Waals surface area contributed by atoms with E-state index in [9.17, 15) is 9.00 Å². The summed E-state index contributed by atoms with van der Waals surface area (Å²) >= 11 is 0. The van der Waals surface area contributed by atoms with Gasteiger partial charge in [0.05, 0.1) is 10.8 Å². The van der Waals surface area contributed by atoms with Crippen LogP contribution in [0.5, 0.6) is 0 Å². The summed E-state index contributed by atoms with van der Waals surface area (Å²) in [5.41, 5.74) is 3.08. The molecule has 122 valence electrons. The maximum Gasteiger partial charge on any atom is 0.255 e. The highest BCUT2D eigenvalue weighted by molar-refractivity contribution is 7.85. The molecule has 5 heteroatoms. The van der Waals surface area contributed by atoms with E-state index in [0.717, 1.165) is 23.7 Å². The van der Waals surface area contributed by atoms with E-state index in [0.29, 0.717) is 12.3 Å². The van der Waals surface area contributed by atoms with Crippen LogP contribution in [0.15, 0.2) is 6.07 Å². The molecule has 1 aliphatic heterocycles. The van der Waals surface area contributed by atoms with Gasteiger partial charge in [0.15, 0.2) is 0 Å². The molecule has 1 saturated carbocycles. The molecule has 1 saturated heterocycles. The van der Waals surface area contributed by atoms with E-state index in [4.69, 9.17) is 0 Å². The van der Waals surface area contributed by atoms with E-state index in [1.807, 2.05) is 24.8 Å². The summed E-state index contributed by atoms with van der Waals surface area (Å²) in [5.74, 6) is 1.49. The molecule has 1 amide bonds. The molecule has 0 aromatic carbocycles. The lowest BCUT2D eigenvalue weighted by molar-refractivity contribution is 0.0694. The summed E-state index contributed by atoms with van der Waals surface area (Å²) in [6, 6.07) is 2.07. The number of amides is 1. The second-order valence-electron chi connectivity index (χ2n) is 6.87. The number of aromatic nitrogens is 1. The molecule has 3 atom stereocenters. The molecule has 1 aromatic heterocycles. The van der Waals surface area contributed by atoms with Crippen molar-refractivity contribution < 1.29 is 9.00 Å². The molecule has 1 aromatic rings. The Morgan fingerprint density at radius 2 is 2.00 bits per heavy atom. The van der Waals surface area contributed by atoms with Crippen molar-refractivity contribution in [1.29, 1.82) is 0 Å². The molecular weight excluding hydrogens is 296 g/mol. The van der Waals surface area contributed by atoms with Crippen LogP contribution in [-0.4, -0.2) is 43.2 Å². The van der Waals surface area contributed by atoms with E-state index in [1.54, 1.807) is 0 Å². The van der Waals surface area contributed by atoms with Gasteiger partial charge in [-0.05, 0) is 52.5 Å².